The molecule has 122 valence electrons. The van der Waals surface area contributed by atoms with E-state index in [-0.39, 0.29) is 25.4 Å². The minimum absolute atomic E-state index is 0.0212. The Bertz CT molecular complexity index is 507. The fourth-order valence-corrected chi connectivity index (χ4v) is 2.59. The lowest BCUT2D eigenvalue weighted by Crippen LogP contribution is -2.41. The van der Waals surface area contributed by atoms with E-state index in [4.69, 9.17) is 9.63 Å². The molecule has 1 amide bonds. The van der Waals surface area contributed by atoms with Crippen LogP contribution in [0.2, 0.25) is 0 Å². The fraction of sp³-hybridized carbons (Fsp3) is 0.667. The number of anilines is 1. The molecule has 1 aliphatic heterocycles. The number of aryl methyl sites for hydroxylation is 1. The van der Waals surface area contributed by atoms with Crippen LogP contribution in [0, 0.1) is 6.92 Å². The van der Waals surface area contributed by atoms with E-state index in [2.05, 4.69) is 5.16 Å². The summed E-state index contributed by atoms with van der Waals surface area (Å²) in [5.41, 5.74) is 0. The SMILES string of the molecule is Cc1cc(N(CCC(=O)O)CC(=O)N2CCCCCC2)no1. The standard InChI is InChI=1S/C15H23N3O4/c1-12-10-13(16-22-12)18(9-6-15(20)21)11-14(19)17-7-4-2-3-5-8-17/h10H,2-9,11H2,1H3,(H,20,21). The second-order valence-corrected chi connectivity index (χ2v) is 5.66. The van der Waals surface area contributed by atoms with Crippen LogP contribution in [0.3, 0.4) is 0 Å². The Balaban J connectivity index is 2.01. The number of hydrogen-bond acceptors (Lipinski definition) is 5. The summed E-state index contributed by atoms with van der Waals surface area (Å²) in [4.78, 5) is 26.8. The van der Waals surface area contributed by atoms with Gasteiger partial charge in [0.05, 0.1) is 13.0 Å². The number of likely N-dealkylation sites (tertiary alicyclic amines) is 1. The summed E-state index contributed by atoms with van der Waals surface area (Å²) >= 11 is 0. The molecule has 1 aromatic heterocycles. The number of aromatic nitrogens is 1. The largest absolute Gasteiger partial charge is 0.481 e. The molecule has 0 atom stereocenters. The molecule has 0 spiro atoms. The smallest absolute Gasteiger partial charge is 0.305 e. The summed E-state index contributed by atoms with van der Waals surface area (Å²) in [6.45, 7) is 3.70. The molecule has 2 heterocycles. The van der Waals surface area contributed by atoms with E-state index in [1.54, 1.807) is 17.9 Å². The van der Waals surface area contributed by atoms with Crippen LogP contribution in [-0.4, -0.2) is 53.2 Å². The summed E-state index contributed by atoms with van der Waals surface area (Å²) < 4.78 is 5.04. The van der Waals surface area contributed by atoms with Gasteiger partial charge in [0.15, 0.2) is 5.82 Å². The minimum atomic E-state index is -0.896. The quantitative estimate of drug-likeness (QED) is 0.860. The number of amides is 1. The van der Waals surface area contributed by atoms with Crippen molar-refractivity contribution in [2.24, 2.45) is 0 Å². The predicted octanol–water partition coefficient (Wildman–Crippen LogP) is 1.67. The van der Waals surface area contributed by atoms with Gasteiger partial charge in [0.2, 0.25) is 5.91 Å². The van der Waals surface area contributed by atoms with Crippen LogP contribution in [0.4, 0.5) is 5.82 Å². The van der Waals surface area contributed by atoms with Crippen molar-refractivity contribution in [3.63, 3.8) is 0 Å². The van der Waals surface area contributed by atoms with Crippen molar-refractivity contribution in [3.8, 4) is 0 Å². The lowest BCUT2D eigenvalue weighted by Gasteiger charge is -2.26. The van der Waals surface area contributed by atoms with Gasteiger partial charge < -0.3 is 19.4 Å². The van der Waals surface area contributed by atoms with Crippen molar-refractivity contribution < 1.29 is 19.2 Å². The Morgan fingerprint density at radius 1 is 1.32 bits per heavy atom. The van der Waals surface area contributed by atoms with E-state index >= 15 is 0 Å². The van der Waals surface area contributed by atoms with Crippen LogP contribution in [0.25, 0.3) is 0 Å². The lowest BCUT2D eigenvalue weighted by atomic mass is 10.2. The molecule has 0 unspecified atom stereocenters. The molecule has 1 aromatic rings. The first-order valence-corrected chi connectivity index (χ1v) is 7.74. The summed E-state index contributed by atoms with van der Waals surface area (Å²) in [7, 11) is 0. The molecular weight excluding hydrogens is 286 g/mol. The highest BCUT2D eigenvalue weighted by atomic mass is 16.5. The highest BCUT2D eigenvalue weighted by Gasteiger charge is 2.21. The van der Waals surface area contributed by atoms with E-state index < -0.39 is 5.97 Å². The number of rotatable bonds is 6. The normalized spacial score (nSPS) is 15.4. The first-order chi connectivity index (χ1) is 10.6. The van der Waals surface area contributed by atoms with Crippen LogP contribution in [0.5, 0.6) is 0 Å². The fourth-order valence-electron chi connectivity index (χ4n) is 2.59. The Labute approximate surface area is 129 Å². The maximum atomic E-state index is 12.5. The van der Waals surface area contributed by atoms with Crippen LogP contribution < -0.4 is 4.90 Å². The molecular formula is C15H23N3O4. The Kier molecular flexibility index (Phi) is 5.80. The number of carboxylic acid groups (broad SMARTS) is 1. The summed E-state index contributed by atoms with van der Waals surface area (Å²) in [5.74, 6) is 0.278. The molecule has 0 aromatic carbocycles. The molecule has 0 bridgehead atoms. The Morgan fingerprint density at radius 3 is 2.55 bits per heavy atom. The van der Waals surface area contributed by atoms with Gasteiger partial charge in [0.1, 0.15) is 5.76 Å². The van der Waals surface area contributed by atoms with Crippen molar-refractivity contribution in [2.75, 3.05) is 31.1 Å². The number of aliphatic carboxylic acids is 1. The second kappa shape index (κ2) is 7.82. The number of carbonyl (C=O) groups excluding carboxylic acids is 1. The third-order valence-corrected chi connectivity index (χ3v) is 3.82. The monoisotopic (exact) mass is 309 g/mol. The van der Waals surface area contributed by atoms with Crippen LogP contribution in [0.15, 0.2) is 10.6 Å². The first-order valence-electron chi connectivity index (χ1n) is 7.74. The van der Waals surface area contributed by atoms with Gasteiger partial charge >= 0.3 is 5.97 Å². The van der Waals surface area contributed by atoms with E-state index in [0.29, 0.717) is 11.6 Å². The average Bonchev–Trinajstić information content (AvgIpc) is 2.75. The molecule has 7 heteroatoms. The molecule has 1 aliphatic rings. The third kappa shape index (κ3) is 4.75. The van der Waals surface area contributed by atoms with Crippen molar-refractivity contribution in [1.29, 1.82) is 0 Å². The predicted molar refractivity (Wildman–Crippen MR) is 80.8 cm³/mol. The summed E-state index contributed by atoms with van der Waals surface area (Å²) in [5, 5.41) is 12.8. The molecule has 1 fully saturated rings. The van der Waals surface area contributed by atoms with E-state index in [0.717, 1.165) is 38.8 Å². The zero-order valence-electron chi connectivity index (χ0n) is 13.0. The Morgan fingerprint density at radius 2 is 2.00 bits per heavy atom. The van der Waals surface area contributed by atoms with Gasteiger partial charge in [-0.25, -0.2) is 0 Å². The van der Waals surface area contributed by atoms with Gasteiger partial charge in [-0.3, -0.25) is 9.59 Å². The van der Waals surface area contributed by atoms with Crippen LogP contribution >= 0.6 is 0 Å². The van der Waals surface area contributed by atoms with Crippen molar-refractivity contribution in [2.45, 2.75) is 39.0 Å². The number of nitrogens with zero attached hydrogens (tertiary/aromatic N) is 3. The van der Waals surface area contributed by atoms with Gasteiger partial charge in [0.25, 0.3) is 0 Å². The van der Waals surface area contributed by atoms with Crippen molar-refractivity contribution in [3.05, 3.63) is 11.8 Å². The number of carbonyl (C=O) groups is 2. The van der Waals surface area contributed by atoms with Gasteiger partial charge in [-0.05, 0) is 19.8 Å². The van der Waals surface area contributed by atoms with Gasteiger partial charge in [-0.2, -0.15) is 0 Å². The third-order valence-electron chi connectivity index (χ3n) is 3.82. The summed E-state index contributed by atoms with van der Waals surface area (Å²) in [6, 6.07) is 1.72. The zero-order chi connectivity index (χ0) is 15.9. The van der Waals surface area contributed by atoms with Crippen LogP contribution in [0.1, 0.15) is 37.9 Å². The number of hydrogen-bond donors (Lipinski definition) is 1. The van der Waals surface area contributed by atoms with Crippen molar-refractivity contribution in [1.82, 2.24) is 10.1 Å². The van der Waals surface area contributed by atoms with Crippen LogP contribution in [-0.2, 0) is 9.59 Å². The highest BCUT2D eigenvalue weighted by molar-refractivity contribution is 5.81. The average molecular weight is 309 g/mol. The van der Waals surface area contributed by atoms with Gasteiger partial charge in [-0.15, -0.1) is 0 Å². The molecule has 2 rings (SSSR count). The topological polar surface area (TPSA) is 86.9 Å². The molecule has 22 heavy (non-hydrogen) atoms. The molecule has 7 nitrogen and oxygen atoms in total. The van der Waals surface area contributed by atoms with Gasteiger partial charge in [-0.1, -0.05) is 18.0 Å². The Hall–Kier alpha value is -2.05. The molecule has 0 radical (unpaired) electrons. The zero-order valence-corrected chi connectivity index (χ0v) is 13.0. The van der Waals surface area contributed by atoms with Gasteiger partial charge in [0, 0.05) is 25.7 Å². The minimum Gasteiger partial charge on any atom is -0.481 e. The summed E-state index contributed by atoms with van der Waals surface area (Å²) in [6.07, 6.45) is 4.34. The van der Waals surface area contributed by atoms with Crippen molar-refractivity contribution >= 4 is 17.7 Å². The molecule has 0 aliphatic carbocycles. The molecule has 0 saturated carbocycles. The maximum absolute atomic E-state index is 12.5. The van der Waals surface area contributed by atoms with E-state index in [9.17, 15) is 9.59 Å². The first kappa shape index (κ1) is 16.3. The molecule has 1 saturated heterocycles. The highest BCUT2D eigenvalue weighted by Crippen LogP contribution is 2.16. The maximum Gasteiger partial charge on any atom is 0.305 e. The number of carboxylic acids is 1. The molecule has 1 N–H and O–H groups in total. The van der Waals surface area contributed by atoms with E-state index in [1.807, 2.05) is 4.90 Å². The lowest BCUT2D eigenvalue weighted by molar-refractivity contribution is -0.137. The van der Waals surface area contributed by atoms with E-state index in [1.165, 1.54) is 0 Å². The second-order valence-electron chi connectivity index (χ2n) is 5.66.